The molecule has 0 saturated carbocycles. The second-order valence-corrected chi connectivity index (χ2v) is 6.00. The number of rotatable bonds is 9. The Hall–Kier alpha value is -0.960. The topological polar surface area (TPSA) is 96.1 Å². The Morgan fingerprint density at radius 3 is 2.89 bits per heavy atom. The third kappa shape index (κ3) is 4.90. The van der Waals surface area contributed by atoms with Crippen LogP contribution in [0.3, 0.4) is 0 Å². The summed E-state index contributed by atoms with van der Waals surface area (Å²) in [5.74, 6) is 0. The summed E-state index contributed by atoms with van der Waals surface area (Å²) in [6.45, 7) is 5.37. The van der Waals surface area contributed by atoms with Crippen LogP contribution in [0.25, 0.3) is 0 Å². The van der Waals surface area contributed by atoms with E-state index in [1.807, 2.05) is 6.92 Å². The Morgan fingerprint density at radius 1 is 1.53 bits per heavy atom. The van der Waals surface area contributed by atoms with Gasteiger partial charge in [-0.05, 0) is 19.9 Å². The summed E-state index contributed by atoms with van der Waals surface area (Å²) in [4.78, 5) is 0. The predicted molar refractivity (Wildman–Crippen MR) is 72.2 cm³/mol. The van der Waals surface area contributed by atoms with Crippen molar-refractivity contribution in [2.75, 3.05) is 20.2 Å². The van der Waals surface area contributed by atoms with Gasteiger partial charge in [-0.3, -0.25) is 5.10 Å². The van der Waals surface area contributed by atoms with E-state index in [1.54, 1.807) is 6.92 Å². The third-order valence-electron chi connectivity index (χ3n) is 2.65. The van der Waals surface area contributed by atoms with E-state index < -0.39 is 10.0 Å². The van der Waals surface area contributed by atoms with E-state index in [-0.39, 0.29) is 17.7 Å². The molecular formula is C11H22N4O3S. The van der Waals surface area contributed by atoms with Gasteiger partial charge in [0.05, 0.1) is 12.3 Å². The number of hydrogen-bond donors (Lipinski definition) is 3. The lowest BCUT2D eigenvalue weighted by Gasteiger charge is -2.11. The molecule has 19 heavy (non-hydrogen) atoms. The van der Waals surface area contributed by atoms with Crippen molar-refractivity contribution in [1.29, 1.82) is 0 Å². The van der Waals surface area contributed by atoms with Gasteiger partial charge in [0.15, 0.2) is 5.03 Å². The van der Waals surface area contributed by atoms with E-state index in [9.17, 15) is 8.42 Å². The molecule has 7 nitrogen and oxygen atoms in total. The molecule has 0 saturated heterocycles. The second-order valence-electron chi connectivity index (χ2n) is 4.30. The maximum atomic E-state index is 12.1. The number of nitrogens with zero attached hydrogens (tertiary/aromatic N) is 1. The third-order valence-corrected chi connectivity index (χ3v) is 4.09. The molecule has 0 radical (unpaired) electrons. The zero-order chi connectivity index (χ0) is 14.3. The summed E-state index contributed by atoms with van der Waals surface area (Å²) in [7, 11) is -2.04. The standard InChI is InChI=1S/C11H22N4O3S/c1-4-5-12-7-10-8-13-15-11(10)19(16,17)14-6-9(2)18-3/h8-9,12,14H,4-7H2,1-3H3,(H,13,15). The molecule has 1 aromatic rings. The highest BCUT2D eigenvalue weighted by atomic mass is 32.2. The minimum Gasteiger partial charge on any atom is -0.380 e. The normalized spacial score (nSPS) is 13.6. The highest BCUT2D eigenvalue weighted by molar-refractivity contribution is 7.89. The van der Waals surface area contributed by atoms with E-state index >= 15 is 0 Å². The molecule has 8 heteroatoms. The van der Waals surface area contributed by atoms with Gasteiger partial charge in [-0.1, -0.05) is 6.92 Å². The number of aromatic amines is 1. The summed E-state index contributed by atoms with van der Waals surface area (Å²) in [5.41, 5.74) is 0.631. The van der Waals surface area contributed by atoms with E-state index in [4.69, 9.17) is 4.74 Å². The summed E-state index contributed by atoms with van der Waals surface area (Å²) in [6.07, 6.45) is 2.33. The van der Waals surface area contributed by atoms with Gasteiger partial charge in [-0.25, -0.2) is 13.1 Å². The monoisotopic (exact) mass is 290 g/mol. The molecule has 0 spiro atoms. The first-order valence-electron chi connectivity index (χ1n) is 6.26. The summed E-state index contributed by atoms with van der Waals surface area (Å²) in [5, 5.41) is 9.59. The molecule has 1 heterocycles. The number of hydrogen-bond acceptors (Lipinski definition) is 5. The van der Waals surface area contributed by atoms with Crippen molar-refractivity contribution in [2.24, 2.45) is 0 Å². The zero-order valence-electron chi connectivity index (χ0n) is 11.6. The van der Waals surface area contributed by atoms with E-state index in [2.05, 4.69) is 20.2 Å². The maximum absolute atomic E-state index is 12.1. The van der Waals surface area contributed by atoms with Gasteiger partial charge >= 0.3 is 0 Å². The number of ether oxygens (including phenoxy) is 1. The van der Waals surface area contributed by atoms with Crippen LogP contribution in [0.15, 0.2) is 11.2 Å². The molecule has 1 unspecified atom stereocenters. The largest absolute Gasteiger partial charge is 0.380 e. The van der Waals surface area contributed by atoms with Crippen LogP contribution in [0.2, 0.25) is 0 Å². The molecule has 1 aromatic heterocycles. The first-order chi connectivity index (χ1) is 9.01. The molecular weight excluding hydrogens is 268 g/mol. The van der Waals surface area contributed by atoms with Crippen LogP contribution >= 0.6 is 0 Å². The Balaban J connectivity index is 2.70. The lowest BCUT2D eigenvalue weighted by molar-refractivity contribution is 0.122. The van der Waals surface area contributed by atoms with Crippen molar-refractivity contribution >= 4 is 10.0 Å². The Labute approximate surface area is 114 Å². The summed E-state index contributed by atoms with van der Waals surface area (Å²) < 4.78 is 31.7. The van der Waals surface area contributed by atoms with Crippen molar-refractivity contribution in [1.82, 2.24) is 20.2 Å². The minimum atomic E-state index is -3.58. The number of methoxy groups -OCH3 is 1. The fraction of sp³-hybridized carbons (Fsp3) is 0.727. The van der Waals surface area contributed by atoms with Crippen LogP contribution in [0, 0.1) is 0 Å². The molecule has 0 fully saturated rings. The maximum Gasteiger partial charge on any atom is 0.257 e. The van der Waals surface area contributed by atoms with Gasteiger partial charge in [0.1, 0.15) is 0 Å². The van der Waals surface area contributed by atoms with Crippen LogP contribution in [0.5, 0.6) is 0 Å². The molecule has 1 atom stereocenters. The molecule has 0 aliphatic rings. The molecule has 0 aromatic carbocycles. The van der Waals surface area contributed by atoms with Crippen molar-refractivity contribution in [3.05, 3.63) is 11.8 Å². The Kier molecular flexibility index (Phi) is 6.43. The van der Waals surface area contributed by atoms with E-state index in [1.165, 1.54) is 13.3 Å². The average molecular weight is 290 g/mol. The molecule has 110 valence electrons. The van der Waals surface area contributed by atoms with Gasteiger partial charge in [-0.15, -0.1) is 0 Å². The fourth-order valence-corrected chi connectivity index (χ4v) is 2.68. The van der Waals surface area contributed by atoms with Crippen LogP contribution < -0.4 is 10.0 Å². The quantitative estimate of drug-likeness (QED) is 0.566. The average Bonchev–Trinajstić information content (AvgIpc) is 2.85. The van der Waals surface area contributed by atoms with E-state index in [0.29, 0.717) is 12.1 Å². The van der Waals surface area contributed by atoms with Crippen molar-refractivity contribution in [2.45, 2.75) is 37.9 Å². The van der Waals surface area contributed by atoms with Crippen molar-refractivity contribution < 1.29 is 13.2 Å². The Bertz CT molecular complexity index is 472. The SMILES string of the molecule is CCCNCc1cn[nH]c1S(=O)(=O)NCC(C)OC. The number of nitrogens with one attached hydrogen (secondary N) is 3. The first-order valence-corrected chi connectivity index (χ1v) is 7.75. The summed E-state index contributed by atoms with van der Waals surface area (Å²) >= 11 is 0. The molecule has 0 amide bonds. The molecule has 0 aliphatic heterocycles. The van der Waals surface area contributed by atoms with Gasteiger partial charge < -0.3 is 10.1 Å². The number of H-pyrrole nitrogens is 1. The van der Waals surface area contributed by atoms with E-state index in [0.717, 1.165) is 13.0 Å². The lowest BCUT2D eigenvalue weighted by Crippen LogP contribution is -2.32. The predicted octanol–water partition coefficient (Wildman–Crippen LogP) is 0.223. The highest BCUT2D eigenvalue weighted by Gasteiger charge is 2.20. The van der Waals surface area contributed by atoms with Gasteiger partial charge in [0, 0.05) is 25.8 Å². The minimum absolute atomic E-state index is 0.111. The van der Waals surface area contributed by atoms with Gasteiger partial charge in [0.25, 0.3) is 10.0 Å². The van der Waals surface area contributed by atoms with Gasteiger partial charge in [0.2, 0.25) is 0 Å². The fourth-order valence-electron chi connectivity index (χ4n) is 1.44. The van der Waals surface area contributed by atoms with Crippen LogP contribution in [0.1, 0.15) is 25.8 Å². The van der Waals surface area contributed by atoms with Crippen LogP contribution in [-0.2, 0) is 21.3 Å². The van der Waals surface area contributed by atoms with Crippen molar-refractivity contribution in [3.63, 3.8) is 0 Å². The smallest absolute Gasteiger partial charge is 0.257 e. The number of sulfonamides is 1. The first kappa shape index (κ1) is 16.1. The highest BCUT2D eigenvalue weighted by Crippen LogP contribution is 2.11. The lowest BCUT2D eigenvalue weighted by atomic mass is 10.3. The number of aromatic nitrogens is 2. The molecule has 3 N–H and O–H groups in total. The van der Waals surface area contributed by atoms with Gasteiger partial charge in [-0.2, -0.15) is 5.10 Å². The Morgan fingerprint density at radius 2 is 2.26 bits per heavy atom. The molecule has 0 bridgehead atoms. The molecule has 1 rings (SSSR count). The zero-order valence-corrected chi connectivity index (χ0v) is 12.4. The van der Waals surface area contributed by atoms with Crippen LogP contribution in [0.4, 0.5) is 0 Å². The second kappa shape index (κ2) is 7.59. The summed E-state index contributed by atoms with van der Waals surface area (Å²) in [6, 6.07) is 0. The molecule has 0 aliphatic carbocycles. The van der Waals surface area contributed by atoms with Crippen molar-refractivity contribution in [3.8, 4) is 0 Å². The van der Waals surface area contributed by atoms with Crippen LogP contribution in [-0.4, -0.2) is 44.9 Å².